The second kappa shape index (κ2) is 9.08. The molecule has 31 heavy (non-hydrogen) atoms. The van der Waals surface area contributed by atoms with Gasteiger partial charge in [-0.3, -0.25) is 19.8 Å². The third-order valence-corrected chi connectivity index (χ3v) is 6.70. The van der Waals surface area contributed by atoms with Gasteiger partial charge in [-0.05, 0) is 49.9 Å². The van der Waals surface area contributed by atoms with Crippen LogP contribution in [0, 0.1) is 17.0 Å². The average Bonchev–Trinajstić information content (AvgIpc) is 2.71. The van der Waals surface area contributed by atoms with Crippen molar-refractivity contribution < 1.29 is 18.4 Å². The van der Waals surface area contributed by atoms with Crippen LogP contribution in [-0.2, 0) is 9.59 Å². The zero-order chi connectivity index (χ0) is 22.0. The van der Waals surface area contributed by atoms with Crippen molar-refractivity contribution in [2.24, 2.45) is 5.41 Å². The maximum atomic E-state index is 14.8. The Morgan fingerprint density at radius 3 is 2.35 bits per heavy atom. The van der Waals surface area contributed by atoms with Gasteiger partial charge in [0, 0.05) is 44.8 Å². The van der Waals surface area contributed by atoms with Gasteiger partial charge in [0.2, 0.25) is 11.8 Å². The Labute approximate surface area is 181 Å². The van der Waals surface area contributed by atoms with E-state index < -0.39 is 23.6 Å². The highest BCUT2D eigenvalue weighted by Crippen LogP contribution is 2.31. The minimum Gasteiger partial charge on any atom is -0.373 e. The van der Waals surface area contributed by atoms with Gasteiger partial charge in [-0.15, -0.1) is 0 Å². The first kappa shape index (κ1) is 22.0. The van der Waals surface area contributed by atoms with E-state index in [2.05, 4.69) is 27.8 Å². The lowest BCUT2D eigenvalue weighted by molar-refractivity contribution is -0.133. The maximum Gasteiger partial charge on any atom is 0.249 e. The van der Waals surface area contributed by atoms with Crippen molar-refractivity contribution in [2.45, 2.75) is 38.6 Å². The number of hydrogen-bond donors (Lipinski definition) is 3. The van der Waals surface area contributed by atoms with Gasteiger partial charge in [-0.1, -0.05) is 6.92 Å². The van der Waals surface area contributed by atoms with Crippen molar-refractivity contribution in [3.8, 4) is 0 Å². The highest BCUT2D eigenvalue weighted by Gasteiger charge is 2.32. The summed E-state index contributed by atoms with van der Waals surface area (Å²) in [7, 11) is 0. The summed E-state index contributed by atoms with van der Waals surface area (Å²) in [6, 6.07) is 1.78. The van der Waals surface area contributed by atoms with Gasteiger partial charge < -0.3 is 15.5 Å². The third-order valence-electron chi connectivity index (χ3n) is 6.70. The molecule has 1 atom stereocenters. The third kappa shape index (κ3) is 5.15. The number of carbonyl (C=O) groups is 2. The standard InChI is InChI=1S/C22H31F2N5O2/c1-22(4-6-25-7-5-22)14-28-8-10-29(11-9-28)20-16(23)12-15(13-17(20)24)26-18-2-3-19(30)27-21(18)31/h12-13,18,25-26H,2-11,14H2,1H3,(H,27,30,31). The van der Waals surface area contributed by atoms with Gasteiger partial charge in [-0.25, -0.2) is 8.78 Å². The van der Waals surface area contributed by atoms with Crippen LogP contribution in [0.5, 0.6) is 0 Å². The van der Waals surface area contributed by atoms with E-state index in [-0.39, 0.29) is 23.7 Å². The summed E-state index contributed by atoms with van der Waals surface area (Å²) in [6.07, 6.45) is 2.80. The number of imide groups is 1. The predicted molar refractivity (Wildman–Crippen MR) is 115 cm³/mol. The number of rotatable bonds is 5. The lowest BCUT2D eigenvalue weighted by Gasteiger charge is -2.42. The molecule has 0 spiro atoms. The van der Waals surface area contributed by atoms with Crippen LogP contribution in [0.25, 0.3) is 0 Å². The molecule has 3 aliphatic rings. The van der Waals surface area contributed by atoms with Crippen molar-refractivity contribution in [1.82, 2.24) is 15.5 Å². The fourth-order valence-electron chi connectivity index (χ4n) is 4.84. The minimum atomic E-state index is -0.678. The van der Waals surface area contributed by atoms with E-state index in [1.807, 2.05) is 0 Å². The fourth-order valence-corrected chi connectivity index (χ4v) is 4.84. The van der Waals surface area contributed by atoms with Crippen molar-refractivity contribution in [3.05, 3.63) is 23.8 Å². The monoisotopic (exact) mass is 435 g/mol. The molecule has 0 bridgehead atoms. The lowest BCUT2D eigenvalue weighted by Crippen LogP contribution is -2.51. The molecule has 0 radical (unpaired) electrons. The molecular formula is C22H31F2N5O2. The highest BCUT2D eigenvalue weighted by atomic mass is 19.1. The quantitative estimate of drug-likeness (QED) is 0.612. The molecule has 0 saturated carbocycles. The molecule has 1 aromatic rings. The molecule has 2 amide bonds. The van der Waals surface area contributed by atoms with Crippen LogP contribution >= 0.6 is 0 Å². The Hall–Kier alpha value is -2.26. The van der Waals surface area contributed by atoms with Crippen LogP contribution < -0.4 is 20.9 Å². The molecule has 170 valence electrons. The number of halogens is 2. The number of amides is 2. The van der Waals surface area contributed by atoms with E-state index in [9.17, 15) is 18.4 Å². The predicted octanol–water partition coefficient (Wildman–Crippen LogP) is 1.69. The van der Waals surface area contributed by atoms with E-state index in [4.69, 9.17) is 0 Å². The van der Waals surface area contributed by atoms with Crippen molar-refractivity contribution in [1.29, 1.82) is 0 Å². The van der Waals surface area contributed by atoms with Gasteiger partial charge in [0.1, 0.15) is 11.7 Å². The molecule has 0 aromatic heterocycles. The van der Waals surface area contributed by atoms with Crippen molar-refractivity contribution in [2.75, 3.05) is 56.0 Å². The van der Waals surface area contributed by atoms with Crippen LogP contribution in [-0.4, -0.2) is 68.6 Å². The van der Waals surface area contributed by atoms with Crippen LogP contribution in [0.15, 0.2) is 12.1 Å². The molecular weight excluding hydrogens is 404 g/mol. The summed E-state index contributed by atoms with van der Waals surface area (Å²) in [5.41, 5.74) is 0.486. The first-order valence-electron chi connectivity index (χ1n) is 11.1. The summed E-state index contributed by atoms with van der Waals surface area (Å²) in [5.74, 6) is -2.09. The highest BCUT2D eigenvalue weighted by molar-refractivity contribution is 6.01. The summed E-state index contributed by atoms with van der Waals surface area (Å²) in [6.45, 7) is 8.13. The van der Waals surface area contributed by atoms with Gasteiger partial charge in [0.05, 0.1) is 0 Å². The largest absolute Gasteiger partial charge is 0.373 e. The van der Waals surface area contributed by atoms with E-state index in [0.29, 0.717) is 24.9 Å². The summed E-state index contributed by atoms with van der Waals surface area (Å²) < 4.78 is 29.7. The van der Waals surface area contributed by atoms with Crippen molar-refractivity contribution in [3.63, 3.8) is 0 Å². The molecule has 1 unspecified atom stereocenters. The number of piperidine rings is 2. The molecule has 4 rings (SSSR count). The molecule has 3 aliphatic heterocycles. The van der Waals surface area contributed by atoms with E-state index in [1.54, 1.807) is 4.90 Å². The zero-order valence-corrected chi connectivity index (χ0v) is 18.0. The van der Waals surface area contributed by atoms with Gasteiger partial charge in [-0.2, -0.15) is 0 Å². The molecule has 3 saturated heterocycles. The van der Waals surface area contributed by atoms with E-state index in [0.717, 1.165) is 45.6 Å². The summed E-state index contributed by atoms with van der Waals surface area (Å²) in [4.78, 5) is 27.3. The first-order chi connectivity index (χ1) is 14.8. The first-order valence-corrected chi connectivity index (χ1v) is 11.1. The van der Waals surface area contributed by atoms with Gasteiger partial charge in [0.25, 0.3) is 0 Å². The average molecular weight is 436 g/mol. The Morgan fingerprint density at radius 1 is 1.10 bits per heavy atom. The lowest BCUT2D eigenvalue weighted by atomic mass is 9.80. The topological polar surface area (TPSA) is 76.7 Å². The second-order valence-electron chi connectivity index (χ2n) is 9.26. The molecule has 7 nitrogen and oxygen atoms in total. The number of carbonyl (C=O) groups excluding carboxylic acids is 2. The molecule has 3 fully saturated rings. The van der Waals surface area contributed by atoms with Gasteiger partial charge >= 0.3 is 0 Å². The zero-order valence-electron chi connectivity index (χ0n) is 18.0. The number of piperazine rings is 1. The number of nitrogens with one attached hydrogen (secondary N) is 3. The molecule has 1 aromatic carbocycles. The molecule has 0 aliphatic carbocycles. The summed E-state index contributed by atoms with van der Waals surface area (Å²) in [5, 5.41) is 8.48. The van der Waals surface area contributed by atoms with Crippen LogP contribution in [0.1, 0.15) is 32.6 Å². The Morgan fingerprint density at radius 2 is 1.74 bits per heavy atom. The van der Waals surface area contributed by atoms with E-state index >= 15 is 0 Å². The SMILES string of the molecule is CC1(CN2CCN(c3c(F)cc(NC4CCC(=O)NC4=O)cc3F)CC2)CCNCC1. The van der Waals surface area contributed by atoms with Crippen LogP contribution in [0.3, 0.4) is 0 Å². The number of benzene rings is 1. The fraction of sp³-hybridized carbons (Fsp3) is 0.636. The van der Waals surface area contributed by atoms with E-state index in [1.165, 1.54) is 12.1 Å². The molecule has 3 N–H and O–H groups in total. The Kier molecular flexibility index (Phi) is 6.43. The minimum absolute atomic E-state index is 0.0125. The smallest absolute Gasteiger partial charge is 0.249 e. The second-order valence-corrected chi connectivity index (χ2v) is 9.26. The number of nitrogens with zero attached hydrogens (tertiary/aromatic N) is 2. The maximum absolute atomic E-state index is 14.8. The van der Waals surface area contributed by atoms with Crippen molar-refractivity contribution >= 4 is 23.2 Å². The summed E-state index contributed by atoms with van der Waals surface area (Å²) >= 11 is 0. The van der Waals surface area contributed by atoms with Crippen LogP contribution in [0.2, 0.25) is 0 Å². The number of hydrogen-bond acceptors (Lipinski definition) is 6. The molecule has 3 heterocycles. The normalized spacial score (nSPS) is 24.7. The Balaban J connectivity index is 1.37. The van der Waals surface area contributed by atoms with Crippen LogP contribution in [0.4, 0.5) is 20.2 Å². The van der Waals surface area contributed by atoms with Gasteiger partial charge in [0.15, 0.2) is 11.6 Å². The number of anilines is 2. The Bertz CT molecular complexity index is 812. The molecule has 9 heteroatoms.